The minimum atomic E-state index is 0.164. The average Bonchev–Trinajstić information content (AvgIpc) is 2.55. The Bertz CT molecular complexity index is 524. The average molecular weight is 287 g/mol. The van der Waals surface area contributed by atoms with Gasteiger partial charge in [0.15, 0.2) is 0 Å². The lowest BCUT2D eigenvalue weighted by molar-refractivity contribution is -0.133. The summed E-state index contributed by atoms with van der Waals surface area (Å²) in [4.78, 5) is 28.9. The molecule has 0 atom stereocenters. The van der Waals surface area contributed by atoms with Crippen LogP contribution >= 0.6 is 0 Å². The molecule has 3 rings (SSSR count). The highest BCUT2D eigenvalue weighted by Crippen LogP contribution is 2.26. The quantitative estimate of drug-likeness (QED) is 0.770. The molecular formula is C16H21N3O2. The lowest BCUT2D eigenvalue weighted by Gasteiger charge is -2.36. The van der Waals surface area contributed by atoms with Crippen molar-refractivity contribution in [3.05, 3.63) is 29.8 Å². The minimum Gasteiger partial charge on any atom is -0.362 e. The summed E-state index contributed by atoms with van der Waals surface area (Å²) in [5, 5.41) is 0. The van der Waals surface area contributed by atoms with Gasteiger partial charge in [0.2, 0.25) is 12.3 Å². The van der Waals surface area contributed by atoms with E-state index in [1.807, 2.05) is 11.0 Å². The monoisotopic (exact) mass is 287 g/mol. The van der Waals surface area contributed by atoms with Gasteiger partial charge in [-0.15, -0.1) is 0 Å². The normalized spacial score (nSPS) is 18.4. The predicted octanol–water partition coefficient (Wildman–Crippen LogP) is 0.740. The summed E-state index contributed by atoms with van der Waals surface area (Å²) in [7, 11) is 0. The molecule has 5 heteroatoms. The number of fused-ring (bicyclic) bond motifs is 1. The van der Waals surface area contributed by atoms with E-state index < -0.39 is 0 Å². The first-order chi connectivity index (χ1) is 10.3. The van der Waals surface area contributed by atoms with Crippen molar-refractivity contribution in [1.82, 2.24) is 9.80 Å². The number of piperazine rings is 1. The fraction of sp³-hybridized carbons (Fsp3) is 0.500. The second-order valence-electron chi connectivity index (χ2n) is 5.68. The molecule has 0 aliphatic carbocycles. The number of nitrogens with zero attached hydrogens (tertiary/aromatic N) is 3. The maximum Gasteiger partial charge on any atom is 0.242 e. The van der Waals surface area contributed by atoms with Gasteiger partial charge < -0.3 is 14.7 Å². The van der Waals surface area contributed by atoms with Crippen LogP contribution in [-0.4, -0.2) is 61.4 Å². The van der Waals surface area contributed by atoms with Crippen molar-refractivity contribution in [2.75, 3.05) is 44.2 Å². The van der Waals surface area contributed by atoms with Gasteiger partial charge in [0, 0.05) is 38.4 Å². The molecular weight excluding hydrogens is 266 g/mol. The van der Waals surface area contributed by atoms with Crippen LogP contribution in [-0.2, 0) is 16.0 Å². The molecule has 1 saturated heterocycles. The lowest BCUT2D eigenvalue weighted by Crippen LogP contribution is -2.51. The van der Waals surface area contributed by atoms with Gasteiger partial charge in [-0.2, -0.15) is 0 Å². The molecule has 0 radical (unpaired) electrons. The number of carbonyl (C=O) groups is 2. The molecule has 1 aromatic rings. The van der Waals surface area contributed by atoms with Crippen LogP contribution in [0.5, 0.6) is 0 Å². The van der Waals surface area contributed by atoms with Crippen LogP contribution in [0.25, 0.3) is 0 Å². The Balaban J connectivity index is 1.62. The van der Waals surface area contributed by atoms with Gasteiger partial charge in [-0.25, -0.2) is 0 Å². The van der Waals surface area contributed by atoms with Crippen molar-refractivity contribution in [1.29, 1.82) is 0 Å². The third kappa shape index (κ3) is 3.01. The fourth-order valence-corrected chi connectivity index (χ4v) is 3.12. The standard InChI is InChI=1S/C16H21N3O2/c20-13-17-8-10-18(11-9-17)16(21)12-19-7-3-5-14-4-1-2-6-15(14)19/h1-2,4,6,13H,3,5,7-12H2. The van der Waals surface area contributed by atoms with E-state index in [9.17, 15) is 9.59 Å². The van der Waals surface area contributed by atoms with E-state index in [1.165, 1.54) is 11.3 Å². The Morgan fingerprint density at radius 3 is 2.62 bits per heavy atom. The summed E-state index contributed by atoms with van der Waals surface area (Å²) >= 11 is 0. The predicted molar refractivity (Wildman–Crippen MR) is 81.2 cm³/mol. The number of rotatable bonds is 3. The molecule has 0 saturated carbocycles. The van der Waals surface area contributed by atoms with Crippen LogP contribution in [0.1, 0.15) is 12.0 Å². The molecule has 1 fully saturated rings. The zero-order valence-corrected chi connectivity index (χ0v) is 12.2. The van der Waals surface area contributed by atoms with Crippen LogP contribution in [0.2, 0.25) is 0 Å². The number of hydrogen-bond donors (Lipinski definition) is 0. The summed E-state index contributed by atoms with van der Waals surface area (Å²) in [6.45, 7) is 3.97. The van der Waals surface area contributed by atoms with Gasteiger partial charge >= 0.3 is 0 Å². The van der Waals surface area contributed by atoms with E-state index >= 15 is 0 Å². The second kappa shape index (κ2) is 6.16. The molecule has 0 spiro atoms. The van der Waals surface area contributed by atoms with Crippen molar-refractivity contribution in [3.8, 4) is 0 Å². The first kappa shape index (κ1) is 13.9. The van der Waals surface area contributed by atoms with Crippen molar-refractivity contribution in [2.45, 2.75) is 12.8 Å². The van der Waals surface area contributed by atoms with Crippen LogP contribution in [0.4, 0.5) is 5.69 Å². The van der Waals surface area contributed by atoms with E-state index in [1.54, 1.807) is 4.90 Å². The first-order valence-electron chi connectivity index (χ1n) is 7.58. The van der Waals surface area contributed by atoms with E-state index in [-0.39, 0.29) is 5.91 Å². The molecule has 112 valence electrons. The Labute approximate surface area is 125 Å². The molecule has 0 unspecified atom stereocenters. The summed E-state index contributed by atoms with van der Waals surface area (Å²) in [6.07, 6.45) is 3.06. The van der Waals surface area contributed by atoms with Gasteiger partial charge in [0.25, 0.3) is 0 Å². The molecule has 21 heavy (non-hydrogen) atoms. The van der Waals surface area contributed by atoms with Gasteiger partial charge in [-0.3, -0.25) is 9.59 Å². The highest BCUT2D eigenvalue weighted by Gasteiger charge is 2.24. The molecule has 2 aliphatic heterocycles. The Kier molecular flexibility index (Phi) is 4.08. The lowest BCUT2D eigenvalue weighted by atomic mass is 10.0. The SMILES string of the molecule is O=CN1CCN(C(=O)CN2CCCc3ccccc32)CC1. The Hall–Kier alpha value is -2.04. The largest absolute Gasteiger partial charge is 0.362 e. The number of carbonyl (C=O) groups excluding carboxylic acids is 2. The Morgan fingerprint density at radius 1 is 1.10 bits per heavy atom. The van der Waals surface area contributed by atoms with E-state index in [0.29, 0.717) is 32.7 Å². The van der Waals surface area contributed by atoms with Crippen LogP contribution < -0.4 is 4.90 Å². The summed E-state index contributed by atoms with van der Waals surface area (Å²) in [6, 6.07) is 8.34. The maximum absolute atomic E-state index is 12.4. The smallest absolute Gasteiger partial charge is 0.242 e. The second-order valence-corrected chi connectivity index (χ2v) is 5.68. The van der Waals surface area contributed by atoms with E-state index in [4.69, 9.17) is 0 Å². The number of benzene rings is 1. The summed E-state index contributed by atoms with van der Waals surface area (Å²) < 4.78 is 0. The summed E-state index contributed by atoms with van der Waals surface area (Å²) in [5.41, 5.74) is 2.53. The highest BCUT2D eigenvalue weighted by atomic mass is 16.2. The molecule has 0 bridgehead atoms. The number of anilines is 1. The third-order valence-corrected chi connectivity index (χ3v) is 4.35. The topological polar surface area (TPSA) is 43.9 Å². The van der Waals surface area contributed by atoms with Crippen molar-refractivity contribution in [2.24, 2.45) is 0 Å². The number of hydrogen-bond acceptors (Lipinski definition) is 3. The van der Waals surface area contributed by atoms with Crippen LogP contribution in [0.3, 0.4) is 0 Å². The molecule has 2 aliphatic rings. The molecule has 5 nitrogen and oxygen atoms in total. The van der Waals surface area contributed by atoms with Crippen LogP contribution in [0, 0.1) is 0 Å². The zero-order valence-electron chi connectivity index (χ0n) is 12.2. The third-order valence-electron chi connectivity index (χ3n) is 4.35. The van der Waals surface area contributed by atoms with Crippen molar-refractivity contribution in [3.63, 3.8) is 0 Å². The van der Waals surface area contributed by atoms with Gasteiger partial charge in [-0.1, -0.05) is 18.2 Å². The fourth-order valence-electron chi connectivity index (χ4n) is 3.12. The van der Waals surface area contributed by atoms with E-state index in [0.717, 1.165) is 25.8 Å². The first-order valence-corrected chi connectivity index (χ1v) is 7.58. The molecule has 1 aromatic carbocycles. The zero-order chi connectivity index (χ0) is 14.7. The Morgan fingerprint density at radius 2 is 1.86 bits per heavy atom. The molecule has 2 heterocycles. The highest BCUT2D eigenvalue weighted by molar-refractivity contribution is 5.82. The molecule has 0 aromatic heterocycles. The van der Waals surface area contributed by atoms with Crippen molar-refractivity contribution < 1.29 is 9.59 Å². The summed E-state index contributed by atoms with van der Waals surface area (Å²) in [5.74, 6) is 0.164. The van der Waals surface area contributed by atoms with Gasteiger partial charge in [-0.05, 0) is 24.5 Å². The van der Waals surface area contributed by atoms with Crippen LogP contribution in [0.15, 0.2) is 24.3 Å². The molecule has 2 amide bonds. The number of para-hydroxylation sites is 1. The number of aryl methyl sites for hydroxylation is 1. The van der Waals surface area contributed by atoms with E-state index in [2.05, 4.69) is 23.1 Å². The van der Waals surface area contributed by atoms with Gasteiger partial charge in [0.1, 0.15) is 0 Å². The maximum atomic E-state index is 12.4. The molecule has 0 N–H and O–H groups in total. The number of amides is 2. The van der Waals surface area contributed by atoms with Gasteiger partial charge in [0.05, 0.1) is 6.54 Å². The van der Waals surface area contributed by atoms with Crippen molar-refractivity contribution >= 4 is 18.0 Å². The minimum absolute atomic E-state index is 0.164.